The van der Waals surface area contributed by atoms with E-state index in [1.807, 2.05) is 12.1 Å². The van der Waals surface area contributed by atoms with Crippen LogP contribution in [0.5, 0.6) is 0 Å². The molecule has 0 aromatic heterocycles. The summed E-state index contributed by atoms with van der Waals surface area (Å²) in [7, 11) is 0. The molecule has 1 atom stereocenters. The highest BCUT2D eigenvalue weighted by atomic mass is 35.5. The van der Waals surface area contributed by atoms with Crippen molar-refractivity contribution >= 4 is 11.6 Å². The van der Waals surface area contributed by atoms with Gasteiger partial charge in [-0.2, -0.15) is 0 Å². The van der Waals surface area contributed by atoms with Crippen LogP contribution in [-0.2, 0) is 11.8 Å². The highest BCUT2D eigenvalue weighted by molar-refractivity contribution is 6.30. The van der Waals surface area contributed by atoms with Crippen molar-refractivity contribution in [3.8, 4) is 0 Å². The largest absolute Gasteiger partial charge is 0.0843 e. The Labute approximate surface area is 143 Å². The van der Waals surface area contributed by atoms with Gasteiger partial charge in [0.05, 0.1) is 0 Å². The molecule has 0 aliphatic rings. The summed E-state index contributed by atoms with van der Waals surface area (Å²) in [5, 5.41) is 0.773. The molecule has 0 fully saturated rings. The summed E-state index contributed by atoms with van der Waals surface area (Å²) in [6.07, 6.45) is 1.06. The van der Waals surface area contributed by atoms with Crippen molar-refractivity contribution in [1.82, 2.24) is 0 Å². The topological polar surface area (TPSA) is 0 Å². The van der Waals surface area contributed by atoms with Gasteiger partial charge in [0.2, 0.25) is 0 Å². The summed E-state index contributed by atoms with van der Waals surface area (Å²) in [6.45, 7) is 4.46. The molecule has 0 saturated carbocycles. The molecular weight excluding hydrogens is 300 g/mol. The minimum Gasteiger partial charge on any atom is -0.0843 e. The smallest absolute Gasteiger partial charge is 0.0423 e. The Balaban J connectivity index is 2.21. The molecule has 0 amide bonds. The molecule has 0 N–H and O–H groups in total. The second-order valence-corrected chi connectivity index (χ2v) is 6.49. The van der Waals surface area contributed by atoms with Crippen molar-refractivity contribution in [2.24, 2.45) is 0 Å². The Morgan fingerprint density at radius 3 is 1.96 bits per heavy atom. The maximum absolute atomic E-state index is 6.27. The van der Waals surface area contributed by atoms with E-state index in [-0.39, 0.29) is 5.41 Å². The Hall–Kier alpha value is -2.05. The Kier molecular flexibility index (Phi) is 4.54. The van der Waals surface area contributed by atoms with Gasteiger partial charge in [0, 0.05) is 10.4 Å². The Bertz CT molecular complexity index is 775. The van der Waals surface area contributed by atoms with E-state index in [1.165, 1.54) is 22.3 Å². The zero-order chi connectivity index (χ0) is 16.3. The molecule has 116 valence electrons. The third kappa shape index (κ3) is 3.04. The van der Waals surface area contributed by atoms with E-state index in [0.717, 1.165) is 11.4 Å². The fourth-order valence-corrected chi connectivity index (χ4v) is 3.34. The van der Waals surface area contributed by atoms with Crippen LogP contribution in [0.4, 0.5) is 0 Å². The van der Waals surface area contributed by atoms with Crippen LogP contribution in [0.2, 0.25) is 5.02 Å². The average Bonchev–Trinajstić information content (AvgIpc) is 2.62. The lowest BCUT2D eigenvalue weighted by atomic mass is 9.71. The summed E-state index contributed by atoms with van der Waals surface area (Å²) in [4.78, 5) is 0. The van der Waals surface area contributed by atoms with E-state index in [9.17, 15) is 0 Å². The van der Waals surface area contributed by atoms with E-state index >= 15 is 0 Å². The van der Waals surface area contributed by atoms with Gasteiger partial charge in [0.25, 0.3) is 0 Å². The van der Waals surface area contributed by atoms with E-state index < -0.39 is 0 Å². The van der Waals surface area contributed by atoms with Crippen LogP contribution in [-0.4, -0.2) is 0 Å². The van der Waals surface area contributed by atoms with E-state index in [0.29, 0.717) is 0 Å². The molecule has 3 aromatic carbocycles. The maximum atomic E-state index is 6.27. The van der Waals surface area contributed by atoms with E-state index in [4.69, 9.17) is 11.6 Å². The van der Waals surface area contributed by atoms with Crippen molar-refractivity contribution in [2.75, 3.05) is 0 Å². The minimum absolute atomic E-state index is 0.224. The highest BCUT2D eigenvalue weighted by Gasteiger charge is 2.31. The van der Waals surface area contributed by atoms with Crippen molar-refractivity contribution in [1.29, 1.82) is 0 Å². The van der Waals surface area contributed by atoms with Gasteiger partial charge >= 0.3 is 0 Å². The quantitative estimate of drug-likeness (QED) is 0.498. The van der Waals surface area contributed by atoms with Gasteiger partial charge in [-0.15, -0.1) is 0 Å². The number of halogens is 1. The van der Waals surface area contributed by atoms with Gasteiger partial charge in [-0.25, -0.2) is 0 Å². The maximum Gasteiger partial charge on any atom is 0.0423 e. The summed E-state index contributed by atoms with van der Waals surface area (Å²) in [6, 6.07) is 27.7. The summed E-state index contributed by atoms with van der Waals surface area (Å²) in [5.74, 6) is 0. The average molecular weight is 321 g/mol. The molecular formula is C22H21Cl. The molecule has 0 bridgehead atoms. The minimum atomic E-state index is -0.224. The second-order valence-electron chi connectivity index (χ2n) is 6.05. The first-order valence-electron chi connectivity index (χ1n) is 8.05. The standard InChI is InChI=1S/C22H21Cl/c1-3-17-12-14-19(15-13-17)22(2,18-8-5-4-6-9-18)20-10-7-11-21(23)16-20/h4-16H,3H2,1-2H3. The van der Waals surface area contributed by atoms with E-state index in [1.54, 1.807) is 0 Å². The SMILES string of the molecule is CCc1ccc(C(C)(c2ccccc2)c2cccc(Cl)c2)cc1. The lowest BCUT2D eigenvalue weighted by Crippen LogP contribution is -2.25. The normalized spacial score (nSPS) is 13.5. The molecule has 0 saturated heterocycles. The fourth-order valence-electron chi connectivity index (χ4n) is 3.14. The molecule has 1 unspecified atom stereocenters. The molecule has 0 aliphatic heterocycles. The van der Waals surface area contributed by atoms with Crippen molar-refractivity contribution in [2.45, 2.75) is 25.7 Å². The third-order valence-electron chi connectivity index (χ3n) is 4.69. The number of rotatable bonds is 4. The predicted molar refractivity (Wildman–Crippen MR) is 99.3 cm³/mol. The van der Waals surface area contributed by atoms with Crippen molar-refractivity contribution in [3.63, 3.8) is 0 Å². The molecule has 1 heteroatoms. The highest BCUT2D eigenvalue weighted by Crippen LogP contribution is 2.39. The second kappa shape index (κ2) is 6.60. The van der Waals surface area contributed by atoms with Crippen LogP contribution in [0.15, 0.2) is 78.9 Å². The van der Waals surface area contributed by atoms with Crippen LogP contribution in [0.3, 0.4) is 0 Å². The number of aryl methyl sites for hydroxylation is 1. The Morgan fingerprint density at radius 2 is 1.35 bits per heavy atom. The zero-order valence-corrected chi connectivity index (χ0v) is 14.3. The summed E-state index contributed by atoms with van der Waals surface area (Å²) >= 11 is 6.27. The lowest BCUT2D eigenvalue weighted by molar-refractivity contribution is 0.692. The first-order valence-corrected chi connectivity index (χ1v) is 8.43. The van der Waals surface area contributed by atoms with Gasteiger partial charge in [0.1, 0.15) is 0 Å². The number of hydrogen-bond acceptors (Lipinski definition) is 0. The molecule has 23 heavy (non-hydrogen) atoms. The molecule has 0 nitrogen and oxygen atoms in total. The first kappa shape index (κ1) is 15.8. The van der Waals surface area contributed by atoms with Crippen LogP contribution >= 0.6 is 11.6 Å². The van der Waals surface area contributed by atoms with Gasteiger partial charge in [-0.05, 0) is 47.7 Å². The van der Waals surface area contributed by atoms with Crippen molar-refractivity contribution < 1.29 is 0 Å². The van der Waals surface area contributed by atoms with Crippen LogP contribution in [0.1, 0.15) is 36.1 Å². The fraction of sp³-hybridized carbons (Fsp3) is 0.182. The van der Waals surface area contributed by atoms with Gasteiger partial charge < -0.3 is 0 Å². The van der Waals surface area contributed by atoms with Crippen molar-refractivity contribution in [3.05, 3.63) is 106 Å². The molecule has 3 aromatic rings. The summed E-state index contributed by atoms with van der Waals surface area (Å²) in [5.41, 5.74) is 4.89. The zero-order valence-electron chi connectivity index (χ0n) is 13.6. The molecule has 0 heterocycles. The lowest BCUT2D eigenvalue weighted by Gasteiger charge is -2.32. The van der Waals surface area contributed by atoms with Crippen LogP contribution in [0, 0.1) is 0 Å². The number of benzene rings is 3. The third-order valence-corrected chi connectivity index (χ3v) is 4.93. The molecule has 0 aliphatic carbocycles. The monoisotopic (exact) mass is 320 g/mol. The van der Waals surface area contributed by atoms with Gasteiger partial charge in [0.15, 0.2) is 0 Å². The van der Waals surface area contributed by atoms with Gasteiger partial charge in [-0.1, -0.05) is 85.3 Å². The van der Waals surface area contributed by atoms with Crippen LogP contribution < -0.4 is 0 Å². The Morgan fingerprint density at radius 1 is 0.739 bits per heavy atom. The van der Waals surface area contributed by atoms with Gasteiger partial charge in [-0.3, -0.25) is 0 Å². The molecule has 0 radical (unpaired) electrons. The van der Waals surface area contributed by atoms with Crippen LogP contribution in [0.25, 0.3) is 0 Å². The summed E-state index contributed by atoms with van der Waals surface area (Å²) < 4.78 is 0. The first-order chi connectivity index (χ1) is 11.1. The molecule has 3 rings (SSSR count). The van der Waals surface area contributed by atoms with E-state index in [2.05, 4.69) is 80.6 Å². The number of hydrogen-bond donors (Lipinski definition) is 0. The molecule has 0 spiro atoms. The predicted octanol–water partition coefficient (Wildman–Crippen LogP) is 6.26.